The van der Waals surface area contributed by atoms with E-state index in [9.17, 15) is 8.42 Å². The Balaban J connectivity index is 2.27. The largest absolute Gasteiger partial charge is 0.271 e. The maximum atomic E-state index is 11.8. The highest BCUT2D eigenvalue weighted by molar-refractivity contribution is 9.10. The van der Waals surface area contributed by atoms with E-state index in [0.29, 0.717) is 11.4 Å². The zero-order chi connectivity index (χ0) is 15.6. The quantitative estimate of drug-likeness (QED) is 0.606. The van der Waals surface area contributed by atoms with Gasteiger partial charge in [0.15, 0.2) is 0 Å². The van der Waals surface area contributed by atoms with Crippen molar-refractivity contribution < 1.29 is 8.42 Å². The van der Waals surface area contributed by atoms with E-state index >= 15 is 0 Å². The van der Waals surface area contributed by atoms with E-state index in [1.807, 2.05) is 18.2 Å². The summed E-state index contributed by atoms with van der Waals surface area (Å²) >= 11 is 9.72. The highest BCUT2D eigenvalue weighted by Gasteiger charge is 2.34. The van der Waals surface area contributed by atoms with E-state index in [1.54, 1.807) is 0 Å². The molecule has 3 atom stereocenters. The van der Waals surface area contributed by atoms with E-state index in [-0.39, 0.29) is 17.2 Å². The Kier molecular flexibility index (Phi) is 5.71. The summed E-state index contributed by atoms with van der Waals surface area (Å²) in [4.78, 5) is 0. The third-order valence-electron chi connectivity index (χ3n) is 4.22. The van der Waals surface area contributed by atoms with Gasteiger partial charge in [-0.25, -0.2) is 8.42 Å². The summed E-state index contributed by atoms with van der Waals surface area (Å²) in [6.07, 6.45) is 4.52. The van der Waals surface area contributed by atoms with Crippen LogP contribution in [0, 0.1) is 5.92 Å². The minimum Gasteiger partial charge on any atom is -0.271 e. The molecular weight excluding hydrogens is 376 g/mol. The molecule has 0 saturated heterocycles. The van der Waals surface area contributed by atoms with E-state index < -0.39 is 9.84 Å². The molecule has 4 nitrogen and oxygen atoms in total. The average Bonchev–Trinajstić information content (AvgIpc) is 2.43. The van der Waals surface area contributed by atoms with E-state index in [0.717, 1.165) is 29.3 Å². The minimum absolute atomic E-state index is 0.139. The van der Waals surface area contributed by atoms with Crippen molar-refractivity contribution in [1.82, 2.24) is 5.43 Å². The fourth-order valence-electron chi connectivity index (χ4n) is 3.11. The zero-order valence-electron chi connectivity index (χ0n) is 11.9. The van der Waals surface area contributed by atoms with E-state index in [2.05, 4.69) is 21.4 Å². The van der Waals surface area contributed by atoms with Crippen LogP contribution in [0.15, 0.2) is 22.7 Å². The van der Waals surface area contributed by atoms with Crippen LogP contribution in [0.5, 0.6) is 0 Å². The molecule has 21 heavy (non-hydrogen) atoms. The number of benzene rings is 1. The second-order valence-electron chi connectivity index (χ2n) is 5.69. The summed E-state index contributed by atoms with van der Waals surface area (Å²) < 4.78 is 24.6. The van der Waals surface area contributed by atoms with Gasteiger partial charge >= 0.3 is 0 Å². The SMILES string of the molecule is CS(=O)(=O)C1CCCC(C(NN)c2cc(Br)ccc2Cl)C1. The van der Waals surface area contributed by atoms with Gasteiger partial charge in [-0.15, -0.1) is 0 Å². The Bertz CT molecular complexity index is 609. The van der Waals surface area contributed by atoms with Crippen molar-refractivity contribution in [1.29, 1.82) is 0 Å². The topological polar surface area (TPSA) is 72.2 Å². The lowest BCUT2D eigenvalue weighted by molar-refractivity contribution is 0.274. The van der Waals surface area contributed by atoms with Crippen LogP contribution in [0.4, 0.5) is 0 Å². The lowest BCUT2D eigenvalue weighted by Gasteiger charge is -2.34. The molecule has 1 fully saturated rings. The number of hydrogen-bond acceptors (Lipinski definition) is 4. The number of rotatable bonds is 4. The number of nitrogens with two attached hydrogens (primary N) is 1. The second-order valence-corrected chi connectivity index (χ2v) is 9.34. The molecule has 0 aliphatic heterocycles. The molecule has 0 radical (unpaired) electrons. The molecule has 0 aromatic heterocycles. The molecule has 1 aromatic rings. The van der Waals surface area contributed by atoms with Gasteiger partial charge in [-0.05, 0) is 48.9 Å². The van der Waals surface area contributed by atoms with Crippen LogP contribution >= 0.6 is 27.5 Å². The third-order valence-corrected chi connectivity index (χ3v) is 6.69. The standard InChI is InChI=1S/C14H20BrClN2O2S/c1-21(19,20)11-4-2-3-9(7-11)14(18-17)12-8-10(15)5-6-13(12)16/h5-6,8-9,11,14,18H,2-4,7,17H2,1H3. The molecule has 1 aliphatic carbocycles. The van der Waals surface area contributed by atoms with Crippen molar-refractivity contribution in [3.8, 4) is 0 Å². The predicted octanol–water partition coefficient (Wildman–Crippen LogP) is 3.21. The van der Waals surface area contributed by atoms with Gasteiger partial charge in [-0.2, -0.15) is 0 Å². The summed E-state index contributed by atoms with van der Waals surface area (Å²) in [5.74, 6) is 5.90. The molecule has 7 heteroatoms. The number of hydrazine groups is 1. The summed E-state index contributed by atoms with van der Waals surface area (Å²) in [6, 6.07) is 5.50. The normalized spacial score (nSPS) is 24.8. The van der Waals surface area contributed by atoms with Crippen molar-refractivity contribution in [3.63, 3.8) is 0 Å². The Morgan fingerprint density at radius 3 is 2.76 bits per heavy atom. The lowest BCUT2D eigenvalue weighted by Crippen LogP contribution is -2.38. The molecule has 1 aliphatic rings. The monoisotopic (exact) mass is 394 g/mol. The van der Waals surface area contributed by atoms with Gasteiger partial charge in [0.1, 0.15) is 9.84 Å². The number of hydrogen-bond donors (Lipinski definition) is 2. The van der Waals surface area contributed by atoms with Crippen LogP contribution < -0.4 is 11.3 Å². The summed E-state index contributed by atoms with van der Waals surface area (Å²) in [7, 11) is -3.01. The molecule has 3 unspecified atom stereocenters. The lowest BCUT2D eigenvalue weighted by atomic mass is 9.81. The average molecular weight is 396 g/mol. The fourth-order valence-corrected chi connectivity index (χ4v) is 4.91. The number of halogens is 2. The van der Waals surface area contributed by atoms with Crippen LogP contribution in [-0.2, 0) is 9.84 Å². The van der Waals surface area contributed by atoms with Gasteiger partial charge in [0, 0.05) is 15.8 Å². The highest BCUT2D eigenvalue weighted by atomic mass is 79.9. The van der Waals surface area contributed by atoms with Crippen LogP contribution in [0.2, 0.25) is 5.02 Å². The van der Waals surface area contributed by atoms with Crippen molar-refractivity contribution >= 4 is 37.4 Å². The molecule has 0 spiro atoms. The highest BCUT2D eigenvalue weighted by Crippen LogP contribution is 2.39. The molecule has 2 rings (SSSR count). The Hall–Kier alpha value is -0.140. The van der Waals surface area contributed by atoms with Gasteiger partial charge in [0.25, 0.3) is 0 Å². The minimum atomic E-state index is -3.01. The molecule has 1 saturated carbocycles. The van der Waals surface area contributed by atoms with Gasteiger partial charge in [-0.3, -0.25) is 11.3 Å². The molecule has 0 heterocycles. The molecule has 0 amide bonds. The first kappa shape index (κ1) is 17.2. The van der Waals surface area contributed by atoms with Gasteiger partial charge < -0.3 is 0 Å². The first-order chi connectivity index (χ1) is 9.82. The molecule has 0 bridgehead atoms. The van der Waals surface area contributed by atoms with Crippen molar-refractivity contribution in [3.05, 3.63) is 33.3 Å². The van der Waals surface area contributed by atoms with Crippen molar-refractivity contribution in [2.75, 3.05) is 6.26 Å². The maximum absolute atomic E-state index is 11.8. The fraction of sp³-hybridized carbons (Fsp3) is 0.571. The van der Waals surface area contributed by atoms with Crippen LogP contribution in [0.3, 0.4) is 0 Å². The molecule has 1 aromatic carbocycles. The Labute approximate surface area is 139 Å². The van der Waals surface area contributed by atoms with Crippen LogP contribution in [0.1, 0.15) is 37.3 Å². The van der Waals surface area contributed by atoms with Crippen molar-refractivity contribution in [2.45, 2.75) is 37.0 Å². The first-order valence-corrected chi connectivity index (χ1v) is 10.1. The molecular formula is C14H20BrClN2O2S. The summed E-state index contributed by atoms with van der Waals surface area (Å²) in [5, 5.41) is 0.362. The smallest absolute Gasteiger partial charge is 0.150 e. The Morgan fingerprint density at radius 2 is 2.14 bits per heavy atom. The van der Waals surface area contributed by atoms with E-state index in [4.69, 9.17) is 17.4 Å². The number of sulfone groups is 1. The van der Waals surface area contributed by atoms with Gasteiger partial charge in [0.05, 0.1) is 11.3 Å². The van der Waals surface area contributed by atoms with E-state index in [1.165, 1.54) is 6.26 Å². The third kappa shape index (κ3) is 4.20. The van der Waals surface area contributed by atoms with Crippen LogP contribution in [0.25, 0.3) is 0 Å². The Morgan fingerprint density at radius 1 is 1.43 bits per heavy atom. The maximum Gasteiger partial charge on any atom is 0.150 e. The number of nitrogens with one attached hydrogen (secondary N) is 1. The zero-order valence-corrected chi connectivity index (χ0v) is 15.0. The van der Waals surface area contributed by atoms with Crippen LogP contribution in [-0.4, -0.2) is 19.9 Å². The van der Waals surface area contributed by atoms with Gasteiger partial charge in [-0.1, -0.05) is 34.0 Å². The van der Waals surface area contributed by atoms with Crippen molar-refractivity contribution in [2.24, 2.45) is 11.8 Å². The first-order valence-electron chi connectivity index (χ1n) is 6.93. The molecule has 3 N–H and O–H groups in total. The molecule has 118 valence electrons. The predicted molar refractivity (Wildman–Crippen MR) is 89.8 cm³/mol. The summed E-state index contributed by atoms with van der Waals surface area (Å²) in [5.41, 5.74) is 3.74. The summed E-state index contributed by atoms with van der Waals surface area (Å²) in [6.45, 7) is 0. The van der Waals surface area contributed by atoms with Gasteiger partial charge in [0.2, 0.25) is 0 Å². The second kappa shape index (κ2) is 6.96.